The minimum Gasteiger partial charge on any atom is -0.389 e. The van der Waals surface area contributed by atoms with Crippen molar-refractivity contribution in [2.75, 3.05) is 24.7 Å². The third-order valence-electron chi connectivity index (χ3n) is 2.55. The molecule has 2 rings (SSSR count). The predicted molar refractivity (Wildman–Crippen MR) is 73.2 cm³/mol. The summed E-state index contributed by atoms with van der Waals surface area (Å²) in [4.78, 5) is 3.08. The average molecular weight is 243 g/mol. The van der Waals surface area contributed by atoms with Gasteiger partial charge in [-0.3, -0.25) is 0 Å². The molecule has 2 aromatic rings. The van der Waals surface area contributed by atoms with Gasteiger partial charge in [-0.05, 0) is 23.8 Å². The molecular formula is C13H13N3S. The molecule has 17 heavy (non-hydrogen) atoms. The highest BCUT2D eigenvalue weighted by Gasteiger charge is 2.07. The molecule has 0 aliphatic heterocycles. The number of nitriles is 1. The van der Waals surface area contributed by atoms with Crippen LogP contribution < -0.4 is 10.6 Å². The van der Waals surface area contributed by atoms with E-state index >= 15 is 0 Å². The van der Waals surface area contributed by atoms with E-state index < -0.39 is 0 Å². The lowest BCUT2D eigenvalue weighted by atomic mass is 10.1. The first-order chi connectivity index (χ1) is 8.11. The summed E-state index contributed by atoms with van der Waals surface area (Å²) in [5, 5.41) is 9.45. The van der Waals surface area contributed by atoms with E-state index in [0.717, 1.165) is 16.1 Å². The SMILES string of the molecule is CN(C)c1ccc(-c2cc(C#N)c(N)s2)cc1. The molecule has 0 bridgehead atoms. The molecule has 0 aliphatic rings. The molecule has 1 heterocycles. The molecule has 0 saturated carbocycles. The van der Waals surface area contributed by atoms with Crippen LogP contribution in [0.15, 0.2) is 30.3 Å². The van der Waals surface area contributed by atoms with Crippen molar-refractivity contribution < 1.29 is 0 Å². The van der Waals surface area contributed by atoms with E-state index in [9.17, 15) is 0 Å². The molecule has 86 valence electrons. The zero-order valence-electron chi connectivity index (χ0n) is 9.77. The zero-order valence-corrected chi connectivity index (χ0v) is 10.6. The van der Waals surface area contributed by atoms with Gasteiger partial charge < -0.3 is 10.6 Å². The topological polar surface area (TPSA) is 53.0 Å². The molecule has 0 amide bonds. The van der Waals surface area contributed by atoms with Crippen molar-refractivity contribution in [3.05, 3.63) is 35.9 Å². The first-order valence-corrected chi connectivity index (χ1v) is 6.00. The second-order valence-electron chi connectivity index (χ2n) is 3.94. The van der Waals surface area contributed by atoms with Crippen LogP contribution in [-0.4, -0.2) is 14.1 Å². The van der Waals surface area contributed by atoms with Gasteiger partial charge in [-0.1, -0.05) is 12.1 Å². The monoisotopic (exact) mass is 243 g/mol. The van der Waals surface area contributed by atoms with Crippen molar-refractivity contribution in [1.82, 2.24) is 0 Å². The quantitative estimate of drug-likeness (QED) is 0.882. The van der Waals surface area contributed by atoms with Crippen LogP contribution >= 0.6 is 11.3 Å². The fraction of sp³-hybridized carbons (Fsp3) is 0.154. The Morgan fingerprint density at radius 3 is 2.35 bits per heavy atom. The Bertz CT molecular complexity index is 561. The van der Waals surface area contributed by atoms with E-state index in [1.54, 1.807) is 0 Å². The predicted octanol–water partition coefficient (Wildman–Crippen LogP) is 2.93. The van der Waals surface area contributed by atoms with Gasteiger partial charge in [-0.25, -0.2) is 0 Å². The van der Waals surface area contributed by atoms with Crippen LogP contribution in [0.3, 0.4) is 0 Å². The number of rotatable bonds is 2. The molecular weight excluding hydrogens is 230 g/mol. The van der Waals surface area contributed by atoms with Crippen molar-refractivity contribution in [1.29, 1.82) is 5.26 Å². The normalized spacial score (nSPS) is 9.94. The molecule has 0 radical (unpaired) electrons. The third-order valence-corrected chi connectivity index (χ3v) is 3.56. The molecule has 0 aliphatic carbocycles. The van der Waals surface area contributed by atoms with Crippen LogP contribution in [-0.2, 0) is 0 Å². The molecule has 3 nitrogen and oxygen atoms in total. The largest absolute Gasteiger partial charge is 0.389 e. The van der Waals surface area contributed by atoms with Crippen LogP contribution in [0.1, 0.15) is 5.56 Å². The second-order valence-corrected chi connectivity index (χ2v) is 5.03. The lowest BCUT2D eigenvalue weighted by Crippen LogP contribution is -2.07. The fourth-order valence-corrected chi connectivity index (χ4v) is 2.44. The Hall–Kier alpha value is -1.99. The lowest BCUT2D eigenvalue weighted by Gasteiger charge is -2.12. The van der Waals surface area contributed by atoms with Crippen molar-refractivity contribution in [2.45, 2.75) is 0 Å². The second kappa shape index (κ2) is 4.48. The van der Waals surface area contributed by atoms with Gasteiger partial charge in [-0.15, -0.1) is 11.3 Å². The summed E-state index contributed by atoms with van der Waals surface area (Å²) in [7, 11) is 4.01. The van der Waals surface area contributed by atoms with Gasteiger partial charge in [0.2, 0.25) is 0 Å². The highest BCUT2D eigenvalue weighted by Crippen LogP contribution is 2.33. The Morgan fingerprint density at radius 1 is 1.24 bits per heavy atom. The number of thiophene rings is 1. The standard InChI is InChI=1S/C13H13N3S/c1-16(2)11-5-3-9(4-6-11)12-7-10(8-14)13(15)17-12/h3-7H,15H2,1-2H3. The molecule has 4 heteroatoms. The number of nitrogens with zero attached hydrogens (tertiary/aromatic N) is 2. The van der Waals surface area contributed by atoms with Gasteiger partial charge in [-0.2, -0.15) is 5.26 Å². The van der Waals surface area contributed by atoms with Crippen LogP contribution in [0.4, 0.5) is 10.7 Å². The highest BCUT2D eigenvalue weighted by molar-refractivity contribution is 7.19. The summed E-state index contributed by atoms with van der Waals surface area (Å²) in [5.74, 6) is 0. The third kappa shape index (κ3) is 2.24. The van der Waals surface area contributed by atoms with Gasteiger partial charge in [0, 0.05) is 24.7 Å². The van der Waals surface area contributed by atoms with Crippen molar-refractivity contribution in [3.63, 3.8) is 0 Å². The molecule has 0 unspecified atom stereocenters. The van der Waals surface area contributed by atoms with Gasteiger partial charge in [0.25, 0.3) is 0 Å². The van der Waals surface area contributed by atoms with Gasteiger partial charge in [0.05, 0.1) is 5.56 Å². The summed E-state index contributed by atoms with van der Waals surface area (Å²) < 4.78 is 0. The van der Waals surface area contributed by atoms with E-state index in [-0.39, 0.29) is 0 Å². The number of nitrogens with two attached hydrogens (primary N) is 1. The maximum absolute atomic E-state index is 8.87. The van der Waals surface area contributed by atoms with E-state index in [1.807, 2.05) is 37.2 Å². The highest BCUT2D eigenvalue weighted by atomic mass is 32.1. The molecule has 2 N–H and O–H groups in total. The minimum absolute atomic E-state index is 0.557. The Morgan fingerprint density at radius 2 is 1.88 bits per heavy atom. The molecule has 1 aromatic heterocycles. The molecule has 0 saturated heterocycles. The number of anilines is 2. The Balaban J connectivity index is 2.37. The summed E-state index contributed by atoms with van der Waals surface area (Å²) in [6.45, 7) is 0. The maximum Gasteiger partial charge on any atom is 0.104 e. The number of hydrogen-bond acceptors (Lipinski definition) is 4. The van der Waals surface area contributed by atoms with E-state index in [4.69, 9.17) is 11.0 Å². The fourth-order valence-electron chi connectivity index (χ4n) is 1.56. The molecule has 1 aromatic carbocycles. The van der Waals surface area contributed by atoms with Crippen LogP contribution in [0.25, 0.3) is 10.4 Å². The average Bonchev–Trinajstić information content (AvgIpc) is 2.70. The van der Waals surface area contributed by atoms with Crippen LogP contribution in [0, 0.1) is 11.3 Å². The van der Waals surface area contributed by atoms with Crippen molar-refractivity contribution >= 4 is 22.0 Å². The van der Waals surface area contributed by atoms with Gasteiger partial charge in [0.15, 0.2) is 0 Å². The van der Waals surface area contributed by atoms with E-state index in [0.29, 0.717) is 10.6 Å². The van der Waals surface area contributed by atoms with E-state index in [1.165, 1.54) is 11.3 Å². The maximum atomic E-state index is 8.87. The summed E-state index contributed by atoms with van der Waals surface area (Å²) >= 11 is 1.45. The van der Waals surface area contributed by atoms with Crippen LogP contribution in [0.2, 0.25) is 0 Å². The van der Waals surface area contributed by atoms with Gasteiger partial charge in [0.1, 0.15) is 11.1 Å². The molecule has 0 fully saturated rings. The minimum atomic E-state index is 0.557. The van der Waals surface area contributed by atoms with Crippen molar-refractivity contribution in [2.24, 2.45) is 0 Å². The Kier molecular flexibility index (Phi) is 3.03. The lowest BCUT2D eigenvalue weighted by molar-refractivity contribution is 1.13. The summed E-state index contributed by atoms with van der Waals surface area (Å²) in [6.07, 6.45) is 0. The summed E-state index contributed by atoms with van der Waals surface area (Å²) in [6, 6.07) is 12.1. The number of nitrogen functional groups attached to an aromatic ring is 1. The van der Waals surface area contributed by atoms with Crippen LogP contribution in [0.5, 0.6) is 0 Å². The number of benzene rings is 1. The molecule has 0 spiro atoms. The summed E-state index contributed by atoms with van der Waals surface area (Å²) in [5.41, 5.74) is 8.56. The molecule has 0 atom stereocenters. The Labute approximate surface area is 105 Å². The zero-order chi connectivity index (χ0) is 12.4. The van der Waals surface area contributed by atoms with Gasteiger partial charge >= 0.3 is 0 Å². The first-order valence-electron chi connectivity index (χ1n) is 5.19. The van der Waals surface area contributed by atoms with Crippen molar-refractivity contribution in [3.8, 4) is 16.5 Å². The first kappa shape index (κ1) is 11.5. The smallest absolute Gasteiger partial charge is 0.104 e. The van der Waals surface area contributed by atoms with E-state index in [2.05, 4.69) is 18.2 Å². The number of hydrogen-bond donors (Lipinski definition) is 1.